The summed E-state index contributed by atoms with van der Waals surface area (Å²) in [6, 6.07) is 15.1. The molecule has 5 rings (SSSR count). The van der Waals surface area contributed by atoms with Crippen molar-refractivity contribution in [3.05, 3.63) is 89.3 Å². The molecule has 35 heavy (non-hydrogen) atoms. The molecule has 0 spiro atoms. The summed E-state index contributed by atoms with van der Waals surface area (Å²) in [5.74, 6) is -0.317. The Bertz CT molecular complexity index is 1130. The summed E-state index contributed by atoms with van der Waals surface area (Å²) in [5, 5.41) is 14.0. The van der Waals surface area contributed by atoms with E-state index in [1.807, 2.05) is 12.2 Å². The fourth-order valence-corrected chi connectivity index (χ4v) is 5.92. The molecule has 2 aliphatic heterocycles. The minimum absolute atomic E-state index is 0.134. The molecule has 0 aromatic heterocycles. The van der Waals surface area contributed by atoms with Crippen LogP contribution in [0.15, 0.2) is 72.3 Å². The molecule has 3 aliphatic rings. The molecule has 0 amide bonds. The lowest BCUT2D eigenvalue weighted by Crippen LogP contribution is -2.64. The predicted octanol–water partition coefficient (Wildman–Crippen LogP) is 3.94. The standard InChI is InChI=1S/C29H34FN3O2/c1-29(13-10-21(20-34)16-28(29)31-27-9-5-4-8-26(27)30)33-15-12-25(35)17-24(33)19-32-14-11-22-6-2-3-7-23(22)18-32/h2-10,13,16,20,24-25,28,31,35H,11-12,14-15,17-19H2,1H3. The van der Waals surface area contributed by atoms with Gasteiger partial charge in [0, 0.05) is 37.8 Å². The lowest BCUT2D eigenvalue weighted by molar-refractivity contribution is -0.104. The summed E-state index contributed by atoms with van der Waals surface area (Å²) in [4.78, 5) is 16.5. The van der Waals surface area contributed by atoms with Gasteiger partial charge in [-0.3, -0.25) is 14.6 Å². The maximum Gasteiger partial charge on any atom is 0.149 e. The topological polar surface area (TPSA) is 55.8 Å². The van der Waals surface area contributed by atoms with E-state index in [1.54, 1.807) is 18.2 Å². The van der Waals surface area contributed by atoms with E-state index >= 15 is 0 Å². The van der Waals surface area contributed by atoms with Gasteiger partial charge in [0.1, 0.15) is 12.1 Å². The molecular weight excluding hydrogens is 441 g/mol. The Morgan fingerprint density at radius 1 is 1.14 bits per heavy atom. The number of piperidine rings is 1. The van der Waals surface area contributed by atoms with Gasteiger partial charge in [0.2, 0.25) is 0 Å². The van der Waals surface area contributed by atoms with Crippen LogP contribution in [0.4, 0.5) is 10.1 Å². The van der Waals surface area contributed by atoms with E-state index in [4.69, 9.17) is 0 Å². The molecule has 1 fully saturated rings. The van der Waals surface area contributed by atoms with Gasteiger partial charge in [0.25, 0.3) is 0 Å². The minimum atomic E-state index is -0.493. The second kappa shape index (κ2) is 10.1. The van der Waals surface area contributed by atoms with Crippen molar-refractivity contribution in [2.75, 3.05) is 25.0 Å². The first-order chi connectivity index (χ1) is 17.0. The van der Waals surface area contributed by atoms with Crippen LogP contribution >= 0.6 is 0 Å². The van der Waals surface area contributed by atoms with Gasteiger partial charge in [-0.05, 0) is 55.5 Å². The van der Waals surface area contributed by atoms with E-state index in [1.165, 1.54) is 17.2 Å². The van der Waals surface area contributed by atoms with Gasteiger partial charge in [0.15, 0.2) is 0 Å². The van der Waals surface area contributed by atoms with Crippen LogP contribution in [-0.4, -0.2) is 64.6 Å². The van der Waals surface area contributed by atoms with Crippen molar-refractivity contribution in [3.63, 3.8) is 0 Å². The SMILES string of the molecule is CC1(N2CCC(O)CC2CN2CCc3ccccc3C2)C=CC(C=O)=CC1Nc1ccccc1F. The molecule has 0 bridgehead atoms. The number of nitrogens with zero attached hydrogens (tertiary/aromatic N) is 2. The fraction of sp³-hybridized carbons (Fsp3) is 0.414. The highest BCUT2D eigenvalue weighted by Crippen LogP contribution is 2.36. The van der Waals surface area contributed by atoms with E-state index in [0.29, 0.717) is 24.1 Å². The molecule has 2 aromatic rings. The van der Waals surface area contributed by atoms with Crippen LogP contribution in [0, 0.1) is 5.82 Å². The molecule has 2 aromatic carbocycles. The third-order valence-electron chi connectivity index (χ3n) is 7.91. The molecule has 0 saturated carbocycles. The lowest BCUT2D eigenvalue weighted by atomic mass is 9.80. The van der Waals surface area contributed by atoms with Gasteiger partial charge in [0.05, 0.1) is 23.4 Å². The molecular formula is C29H34FN3O2. The zero-order chi connectivity index (χ0) is 24.4. The zero-order valence-corrected chi connectivity index (χ0v) is 20.2. The van der Waals surface area contributed by atoms with E-state index in [0.717, 1.165) is 38.9 Å². The number of hydrogen-bond donors (Lipinski definition) is 2. The summed E-state index contributed by atoms with van der Waals surface area (Å²) in [7, 11) is 0. The first-order valence-electron chi connectivity index (χ1n) is 12.6. The number of carbonyl (C=O) groups excluding carboxylic acids is 1. The van der Waals surface area contributed by atoms with Crippen molar-refractivity contribution in [1.29, 1.82) is 0 Å². The number of aliphatic hydroxyl groups is 1. The fourth-order valence-electron chi connectivity index (χ4n) is 5.92. The monoisotopic (exact) mass is 475 g/mol. The number of rotatable bonds is 6. The summed E-state index contributed by atoms with van der Waals surface area (Å²) in [6.45, 7) is 5.64. The Balaban J connectivity index is 1.41. The Morgan fingerprint density at radius 3 is 2.71 bits per heavy atom. The number of nitrogens with one attached hydrogen (secondary N) is 1. The number of benzene rings is 2. The number of aliphatic hydroxyl groups excluding tert-OH is 1. The maximum atomic E-state index is 14.6. The van der Waals surface area contributed by atoms with Crippen molar-refractivity contribution in [1.82, 2.24) is 9.80 Å². The number of aldehydes is 1. The normalized spacial score (nSPS) is 29.3. The number of fused-ring (bicyclic) bond motifs is 1. The quantitative estimate of drug-likeness (QED) is 0.620. The third kappa shape index (κ3) is 4.96. The smallest absolute Gasteiger partial charge is 0.149 e. The first-order valence-corrected chi connectivity index (χ1v) is 12.6. The first kappa shape index (κ1) is 23.9. The summed E-state index contributed by atoms with van der Waals surface area (Å²) < 4.78 is 14.6. The van der Waals surface area contributed by atoms with E-state index < -0.39 is 5.54 Å². The van der Waals surface area contributed by atoms with Crippen molar-refractivity contribution in [2.45, 2.75) is 56.5 Å². The molecule has 2 heterocycles. The Morgan fingerprint density at radius 2 is 1.91 bits per heavy atom. The summed E-state index contributed by atoms with van der Waals surface area (Å²) >= 11 is 0. The highest BCUT2D eigenvalue weighted by molar-refractivity contribution is 5.79. The van der Waals surface area contributed by atoms with Gasteiger partial charge >= 0.3 is 0 Å². The highest BCUT2D eigenvalue weighted by Gasteiger charge is 2.44. The molecule has 1 aliphatic carbocycles. The minimum Gasteiger partial charge on any atom is -0.393 e. The van der Waals surface area contributed by atoms with Gasteiger partial charge < -0.3 is 10.4 Å². The van der Waals surface area contributed by atoms with Crippen LogP contribution in [0.5, 0.6) is 0 Å². The highest BCUT2D eigenvalue weighted by atomic mass is 19.1. The molecule has 2 N–H and O–H groups in total. The molecule has 6 heteroatoms. The number of para-hydroxylation sites is 1. The molecule has 0 radical (unpaired) electrons. The van der Waals surface area contributed by atoms with E-state index in [9.17, 15) is 14.3 Å². The van der Waals surface area contributed by atoms with Crippen LogP contribution in [0.3, 0.4) is 0 Å². The third-order valence-corrected chi connectivity index (χ3v) is 7.91. The molecule has 4 unspecified atom stereocenters. The molecule has 1 saturated heterocycles. The largest absolute Gasteiger partial charge is 0.393 e. The van der Waals surface area contributed by atoms with E-state index in [2.05, 4.69) is 52.4 Å². The van der Waals surface area contributed by atoms with Crippen molar-refractivity contribution in [2.24, 2.45) is 0 Å². The van der Waals surface area contributed by atoms with Gasteiger partial charge in [-0.15, -0.1) is 0 Å². The predicted molar refractivity (Wildman–Crippen MR) is 137 cm³/mol. The van der Waals surface area contributed by atoms with Gasteiger partial charge in [-0.1, -0.05) is 48.6 Å². The number of hydrogen-bond acceptors (Lipinski definition) is 5. The number of halogens is 1. The lowest BCUT2D eigenvalue weighted by Gasteiger charge is -2.52. The number of carbonyl (C=O) groups is 1. The van der Waals surface area contributed by atoms with Crippen LogP contribution in [0.1, 0.15) is 30.9 Å². The van der Waals surface area contributed by atoms with Crippen molar-refractivity contribution < 1.29 is 14.3 Å². The van der Waals surface area contributed by atoms with Crippen LogP contribution in [-0.2, 0) is 17.8 Å². The molecule has 4 atom stereocenters. The molecule has 184 valence electrons. The van der Waals surface area contributed by atoms with Crippen molar-refractivity contribution in [3.8, 4) is 0 Å². The zero-order valence-electron chi connectivity index (χ0n) is 20.2. The van der Waals surface area contributed by atoms with Gasteiger partial charge in [-0.25, -0.2) is 4.39 Å². The molecule has 5 nitrogen and oxygen atoms in total. The summed E-state index contributed by atoms with van der Waals surface area (Å²) in [6.07, 6.45) is 8.77. The number of likely N-dealkylation sites (tertiary alicyclic amines) is 1. The van der Waals surface area contributed by atoms with E-state index in [-0.39, 0.29) is 24.0 Å². The van der Waals surface area contributed by atoms with Gasteiger partial charge in [-0.2, -0.15) is 0 Å². The Kier molecular flexibility index (Phi) is 6.87. The number of allylic oxidation sites excluding steroid dienone is 2. The van der Waals surface area contributed by atoms with Crippen LogP contribution < -0.4 is 5.32 Å². The summed E-state index contributed by atoms with van der Waals surface area (Å²) in [5.41, 5.74) is 3.31. The number of anilines is 1. The average Bonchev–Trinajstić information content (AvgIpc) is 2.86. The maximum absolute atomic E-state index is 14.6. The second-order valence-electron chi connectivity index (χ2n) is 10.2. The Hall–Kier alpha value is -2.80. The average molecular weight is 476 g/mol. The Labute approximate surface area is 206 Å². The van der Waals surface area contributed by atoms with Crippen LogP contribution in [0.25, 0.3) is 0 Å². The van der Waals surface area contributed by atoms with Crippen molar-refractivity contribution >= 4 is 12.0 Å². The van der Waals surface area contributed by atoms with Crippen LogP contribution in [0.2, 0.25) is 0 Å². The second-order valence-corrected chi connectivity index (χ2v) is 10.2.